The van der Waals surface area contributed by atoms with Crippen molar-refractivity contribution in [3.05, 3.63) is 29.8 Å². The topological polar surface area (TPSA) is 137 Å². The number of nitrogens with zero attached hydrogens (tertiary/aromatic N) is 2. The van der Waals surface area contributed by atoms with Gasteiger partial charge in [0.05, 0.1) is 4.90 Å². The van der Waals surface area contributed by atoms with Crippen LogP contribution in [0, 0.1) is 0 Å². The molecule has 1 aliphatic carbocycles. The molecule has 1 aromatic rings. The molecule has 3 N–H and O–H groups in total. The van der Waals surface area contributed by atoms with Crippen LogP contribution in [0.1, 0.15) is 44.6 Å². The summed E-state index contributed by atoms with van der Waals surface area (Å²) < 4.78 is 26.6. The molecular formula is C18H21N5O5S. The minimum atomic E-state index is -3.73. The van der Waals surface area contributed by atoms with Crippen LogP contribution >= 0.6 is 0 Å². The number of hydrogen-bond acceptors (Lipinski definition) is 6. The number of urea groups is 1. The minimum absolute atomic E-state index is 0.0456. The van der Waals surface area contributed by atoms with Crippen LogP contribution in [0.15, 0.2) is 34.2 Å². The number of benzene rings is 1. The average Bonchev–Trinajstić information content (AvgIpc) is 3.07. The van der Waals surface area contributed by atoms with Gasteiger partial charge in [-0.3, -0.25) is 24.7 Å². The van der Waals surface area contributed by atoms with Crippen molar-refractivity contribution in [2.75, 3.05) is 0 Å². The van der Waals surface area contributed by atoms with E-state index in [9.17, 15) is 22.8 Å². The Balaban J connectivity index is 1.50. The third-order valence-electron chi connectivity index (χ3n) is 5.46. The lowest BCUT2D eigenvalue weighted by atomic mass is 9.82. The van der Waals surface area contributed by atoms with E-state index in [4.69, 9.17) is 0 Å². The van der Waals surface area contributed by atoms with Crippen LogP contribution in [0.4, 0.5) is 4.79 Å². The summed E-state index contributed by atoms with van der Waals surface area (Å²) in [6.07, 6.45) is 3.75. The minimum Gasteiger partial charge on any atom is -0.322 e. The van der Waals surface area contributed by atoms with Crippen molar-refractivity contribution in [1.82, 2.24) is 20.5 Å². The van der Waals surface area contributed by atoms with E-state index in [0.29, 0.717) is 23.4 Å². The Labute approximate surface area is 167 Å². The van der Waals surface area contributed by atoms with E-state index in [-0.39, 0.29) is 10.7 Å². The van der Waals surface area contributed by atoms with Crippen molar-refractivity contribution in [2.24, 2.45) is 4.99 Å². The monoisotopic (exact) mass is 419 g/mol. The molecule has 11 heteroatoms. The van der Waals surface area contributed by atoms with Crippen LogP contribution in [-0.2, 0) is 19.6 Å². The fourth-order valence-electron chi connectivity index (χ4n) is 3.90. The highest BCUT2D eigenvalue weighted by atomic mass is 32.2. The molecule has 2 fully saturated rings. The molecule has 1 atom stereocenters. The molecule has 0 unspecified atom stereocenters. The molecule has 3 aliphatic rings. The standard InChI is InChI=1S/C18H21N5O5S/c1-11(19-14-12-7-3-4-8-13(12)29(27,28)22-14)15(24)21-23-16(25)18(20-17(23)26)9-5-2-6-10-18/h3-4,7-8,11H,2,5-6,9-10H2,1H3,(H,19,22)(H,20,26)(H,21,24)/t11-/m1/s1. The number of amides is 4. The number of aliphatic imine (C=N–C) groups is 1. The Morgan fingerprint density at radius 2 is 1.90 bits per heavy atom. The average molecular weight is 419 g/mol. The van der Waals surface area contributed by atoms with Gasteiger partial charge in [0.25, 0.3) is 21.8 Å². The first-order valence-electron chi connectivity index (χ1n) is 9.41. The number of carbonyl (C=O) groups excluding carboxylic acids is 3. The highest BCUT2D eigenvalue weighted by Crippen LogP contribution is 2.33. The molecule has 10 nitrogen and oxygen atoms in total. The van der Waals surface area contributed by atoms with Gasteiger partial charge in [-0.15, -0.1) is 0 Å². The van der Waals surface area contributed by atoms with E-state index in [0.717, 1.165) is 19.3 Å². The molecule has 0 radical (unpaired) electrons. The first-order chi connectivity index (χ1) is 13.7. The molecular weight excluding hydrogens is 398 g/mol. The maximum absolute atomic E-state index is 12.7. The summed E-state index contributed by atoms with van der Waals surface area (Å²) in [5.74, 6) is -1.12. The molecule has 1 spiro atoms. The second-order valence-corrected chi connectivity index (χ2v) is 9.10. The number of hydrazine groups is 1. The van der Waals surface area contributed by atoms with Crippen LogP contribution in [0.2, 0.25) is 0 Å². The van der Waals surface area contributed by atoms with Gasteiger partial charge in [0.15, 0.2) is 0 Å². The molecule has 2 heterocycles. The molecule has 0 bridgehead atoms. The zero-order valence-electron chi connectivity index (χ0n) is 15.8. The molecule has 1 saturated carbocycles. The molecule has 29 heavy (non-hydrogen) atoms. The first kappa shape index (κ1) is 19.4. The van der Waals surface area contributed by atoms with Crippen LogP contribution in [0.5, 0.6) is 0 Å². The van der Waals surface area contributed by atoms with Crippen LogP contribution in [-0.4, -0.2) is 48.7 Å². The third-order valence-corrected chi connectivity index (χ3v) is 6.85. The van der Waals surface area contributed by atoms with Crippen molar-refractivity contribution in [3.8, 4) is 0 Å². The SMILES string of the molecule is C[C@@H](N=C1NS(=O)(=O)c2ccccc21)C(=O)NN1C(=O)NC2(CCCCC2)C1=O. The predicted molar refractivity (Wildman–Crippen MR) is 102 cm³/mol. The van der Waals surface area contributed by atoms with Gasteiger partial charge in [0, 0.05) is 5.56 Å². The summed E-state index contributed by atoms with van der Waals surface area (Å²) in [7, 11) is -3.73. The fourth-order valence-corrected chi connectivity index (χ4v) is 5.14. The van der Waals surface area contributed by atoms with Crippen molar-refractivity contribution >= 4 is 33.7 Å². The number of carbonyl (C=O) groups is 3. The quantitative estimate of drug-likeness (QED) is 0.609. The number of nitrogens with one attached hydrogen (secondary N) is 3. The summed E-state index contributed by atoms with van der Waals surface area (Å²) in [5.41, 5.74) is 1.73. The van der Waals surface area contributed by atoms with Crippen LogP contribution in [0.25, 0.3) is 0 Å². The molecule has 154 valence electrons. The lowest BCUT2D eigenvalue weighted by Gasteiger charge is -2.30. The Morgan fingerprint density at radius 3 is 2.62 bits per heavy atom. The fraction of sp³-hybridized carbons (Fsp3) is 0.444. The molecule has 1 aromatic carbocycles. The van der Waals surface area contributed by atoms with Gasteiger partial charge in [-0.05, 0) is 31.9 Å². The summed E-state index contributed by atoms with van der Waals surface area (Å²) in [6.45, 7) is 1.45. The number of hydrogen-bond donors (Lipinski definition) is 3. The van der Waals surface area contributed by atoms with E-state index in [2.05, 4.69) is 20.5 Å². The van der Waals surface area contributed by atoms with Gasteiger partial charge in [-0.1, -0.05) is 31.4 Å². The number of rotatable bonds is 3. The highest BCUT2D eigenvalue weighted by Gasteiger charge is 2.52. The smallest absolute Gasteiger partial charge is 0.322 e. The number of amidine groups is 1. The number of imide groups is 1. The van der Waals surface area contributed by atoms with Crippen molar-refractivity contribution in [1.29, 1.82) is 0 Å². The second kappa shape index (κ2) is 6.83. The summed E-state index contributed by atoms with van der Waals surface area (Å²) in [6, 6.07) is 4.58. The molecule has 4 rings (SSSR count). The second-order valence-electron chi connectivity index (χ2n) is 7.44. The summed E-state index contributed by atoms with van der Waals surface area (Å²) in [4.78, 5) is 41.8. The van der Waals surface area contributed by atoms with Gasteiger partial charge in [-0.25, -0.2) is 13.2 Å². The largest absolute Gasteiger partial charge is 0.344 e. The number of sulfonamides is 1. The number of fused-ring (bicyclic) bond motifs is 1. The zero-order valence-corrected chi connectivity index (χ0v) is 16.6. The molecule has 4 amide bonds. The zero-order chi connectivity index (χ0) is 20.8. The lowest BCUT2D eigenvalue weighted by molar-refractivity contribution is -0.140. The third kappa shape index (κ3) is 3.24. The van der Waals surface area contributed by atoms with Crippen LogP contribution in [0.3, 0.4) is 0 Å². The van der Waals surface area contributed by atoms with Gasteiger partial charge in [0.1, 0.15) is 17.4 Å². The first-order valence-corrected chi connectivity index (χ1v) is 10.9. The van der Waals surface area contributed by atoms with E-state index in [1.807, 2.05) is 0 Å². The van der Waals surface area contributed by atoms with Crippen LogP contribution < -0.4 is 15.5 Å². The van der Waals surface area contributed by atoms with Crippen molar-refractivity contribution in [3.63, 3.8) is 0 Å². The van der Waals surface area contributed by atoms with Gasteiger partial charge in [-0.2, -0.15) is 5.01 Å². The van der Waals surface area contributed by atoms with E-state index < -0.39 is 39.4 Å². The molecule has 1 saturated heterocycles. The Hall–Kier alpha value is -2.95. The van der Waals surface area contributed by atoms with Gasteiger partial charge in [0.2, 0.25) is 0 Å². The summed E-state index contributed by atoms with van der Waals surface area (Å²) >= 11 is 0. The Bertz CT molecular complexity index is 1030. The van der Waals surface area contributed by atoms with Crippen molar-refractivity contribution in [2.45, 2.75) is 55.5 Å². The van der Waals surface area contributed by atoms with E-state index >= 15 is 0 Å². The van der Waals surface area contributed by atoms with Gasteiger partial charge >= 0.3 is 6.03 Å². The van der Waals surface area contributed by atoms with E-state index in [1.165, 1.54) is 13.0 Å². The predicted octanol–water partition coefficient (Wildman–Crippen LogP) is 0.399. The summed E-state index contributed by atoms with van der Waals surface area (Å²) in [5, 5.41) is 3.41. The van der Waals surface area contributed by atoms with E-state index in [1.54, 1.807) is 18.2 Å². The Morgan fingerprint density at radius 1 is 1.21 bits per heavy atom. The van der Waals surface area contributed by atoms with Crippen molar-refractivity contribution < 1.29 is 22.8 Å². The normalized spacial score (nSPS) is 24.2. The molecule has 2 aliphatic heterocycles. The lowest BCUT2D eigenvalue weighted by Crippen LogP contribution is -2.52. The van der Waals surface area contributed by atoms with Gasteiger partial charge < -0.3 is 5.32 Å². The highest BCUT2D eigenvalue weighted by molar-refractivity contribution is 7.90. The molecule has 0 aromatic heterocycles. The maximum atomic E-state index is 12.7. The Kier molecular flexibility index (Phi) is 4.56. The maximum Gasteiger partial charge on any atom is 0.344 e.